The first-order valence-electron chi connectivity index (χ1n) is 17.2. The van der Waals surface area contributed by atoms with E-state index in [1.54, 1.807) is 48.6 Å². The number of hydrogen-bond donors (Lipinski definition) is 5. The van der Waals surface area contributed by atoms with Crippen LogP contribution in [0.1, 0.15) is 78.8 Å². The van der Waals surface area contributed by atoms with Gasteiger partial charge in [-0.1, -0.05) is 78.3 Å². The molecule has 0 radical (unpaired) electrons. The summed E-state index contributed by atoms with van der Waals surface area (Å²) in [5.74, 6) is -3.49. The topological polar surface area (TPSA) is 200 Å². The fraction of sp³-hybridized carbons (Fsp3) is 0.629. The molecule has 5 amide bonds. The number of aliphatic carboxylic acids is 1. The van der Waals surface area contributed by atoms with Gasteiger partial charge in [-0.2, -0.15) is 0 Å². The lowest BCUT2D eigenvalue weighted by molar-refractivity contribution is -0.144. The van der Waals surface area contributed by atoms with Crippen LogP contribution >= 0.6 is 23.5 Å². The largest absolute Gasteiger partial charge is 0.479 e. The van der Waals surface area contributed by atoms with Crippen molar-refractivity contribution in [1.29, 1.82) is 0 Å². The fourth-order valence-corrected chi connectivity index (χ4v) is 9.07. The van der Waals surface area contributed by atoms with Gasteiger partial charge in [0.1, 0.15) is 12.1 Å². The van der Waals surface area contributed by atoms with Gasteiger partial charge in [-0.15, -0.1) is 23.5 Å². The Kier molecular flexibility index (Phi) is 15.2. The number of alkyl carbamates (subject to hydrolysis) is 1. The van der Waals surface area contributed by atoms with E-state index in [-0.39, 0.29) is 25.5 Å². The highest BCUT2D eigenvalue weighted by molar-refractivity contribution is 8.18. The quantitative estimate of drug-likeness (QED) is 0.165. The minimum Gasteiger partial charge on any atom is -0.479 e. The number of thioether (sulfide) groups is 2. The number of carbonyl (C=O) groups excluding carboxylic acids is 6. The molecule has 1 spiro atoms. The average molecular weight is 750 g/mol. The van der Waals surface area contributed by atoms with Crippen molar-refractivity contribution in [2.24, 2.45) is 11.3 Å². The molecule has 2 aliphatic heterocycles. The number of ether oxygens (including phenoxy) is 1. The van der Waals surface area contributed by atoms with Crippen molar-refractivity contribution in [2.75, 3.05) is 31.2 Å². The Morgan fingerprint density at radius 3 is 2.22 bits per heavy atom. The normalized spacial score (nSPS) is 18.6. The summed E-state index contributed by atoms with van der Waals surface area (Å²) < 4.78 is 4.84. The van der Waals surface area contributed by atoms with Crippen molar-refractivity contribution in [1.82, 2.24) is 26.2 Å². The molecular formula is C35H51N5O9S2. The van der Waals surface area contributed by atoms with Crippen LogP contribution in [0, 0.1) is 11.3 Å². The van der Waals surface area contributed by atoms with Gasteiger partial charge in [0.2, 0.25) is 23.5 Å². The monoisotopic (exact) mass is 749 g/mol. The summed E-state index contributed by atoms with van der Waals surface area (Å²) in [6.45, 7) is 10.7. The molecule has 2 saturated heterocycles. The summed E-state index contributed by atoms with van der Waals surface area (Å²) in [5.41, 5.74) is -0.415. The molecule has 0 aliphatic carbocycles. The Balaban J connectivity index is 1.75. The Morgan fingerprint density at radius 2 is 1.65 bits per heavy atom. The van der Waals surface area contributed by atoms with Crippen LogP contribution in [0.25, 0.3) is 0 Å². The molecule has 1 aromatic carbocycles. The zero-order valence-corrected chi connectivity index (χ0v) is 31.7. The number of benzene rings is 1. The highest BCUT2D eigenvalue weighted by atomic mass is 32.2. The maximum atomic E-state index is 14.3. The average Bonchev–Trinajstić information content (AvgIpc) is 3.45. The van der Waals surface area contributed by atoms with Gasteiger partial charge in [-0.25, -0.2) is 9.59 Å². The van der Waals surface area contributed by atoms with Crippen LogP contribution in [-0.2, 0) is 33.5 Å². The summed E-state index contributed by atoms with van der Waals surface area (Å²) in [6.07, 6.45) is 1.10. The van der Waals surface area contributed by atoms with Gasteiger partial charge in [0.15, 0.2) is 6.04 Å². The standard InChI is InChI=1S/C35H51N5O9S2/c1-7-12-23(27(42)30(44)36-18-25(41)38-26(32(46)47)22-13-9-8-10-14-22)37-29(43)24-17-35(50-15-11-16-51-35)20-40(24)31(45)28(34(4,5)6)39-33(48)49-19-21(2)3/h8-10,13-14,21,23-24,26,28H,7,11-12,15-20H2,1-6H3,(H,36,44)(H,37,43)(H,38,41)(H,39,48)(H,46,47). The van der Waals surface area contributed by atoms with E-state index in [2.05, 4.69) is 21.3 Å². The van der Waals surface area contributed by atoms with Gasteiger partial charge in [0.25, 0.3) is 5.91 Å². The van der Waals surface area contributed by atoms with E-state index in [0.29, 0.717) is 18.4 Å². The third-order valence-electron chi connectivity index (χ3n) is 8.35. The van der Waals surface area contributed by atoms with Crippen LogP contribution in [0.3, 0.4) is 0 Å². The number of carbonyl (C=O) groups is 7. The minimum atomic E-state index is -1.36. The molecular weight excluding hydrogens is 699 g/mol. The molecule has 0 bridgehead atoms. The molecule has 51 heavy (non-hydrogen) atoms. The number of likely N-dealkylation sites (tertiary alicyclic amines) is 1. The minimum absolute atomic E-state index is 0.0911. The first-order chi connectivity index (χ1) is 24.0. The van der Waals surface area contributed by atoms with E-state index in [1.165, 1.54) is 17.0 Å². The first kappa shape index (κ1) is 41.6. The Morgan fingerprint density at radius 1 is 1.00 bits per heavy atom. The molecule has 2 heterocycles. The zero-order chi connectivity index (χ0) is 37.9. The van der Waals surface area contributed by atoms with Gasteiger partial charge in [-0.3, -0.25) is 24.0 Å². The lowest BCUT2D eigenvalue weighted by atomic mass is 9.85. The summed E-state index contributed by atoms with van der Waals surface area (Å²) in [4.78, 5) is 93.1. The smallest absolute Gasteiger partial charge is 0.407 e. The maximum Gasteiger partial charge on any atom is 0.407 e. The van der Waals surface area contributed by atoms with Crippen molar-refractivity contribution >= 4 is 65.0 Å². The molecule has 4 atom stereocenters. The lowest BCUT2D eigenvalue weighted by Gasteiger charge is -2.36. The Labute approximate surface area is 307 Å². The zero-order valence-electron chi connectivity index (χ0n) is 30.1. The Hall–Kier alpha value is -3.79. The highest BCUT2D eigenvalue weighted by Crippen LogP contribution is 2.50. The second kappa shape index (κ2) is 18.6. The predicted molar refractivity (Wildman–Crippen MR) is 195 cm³/mol. The van der Waals surface area contributed by atoms with Crippen LogP contribution in [-0.4, -0.2) is 105 Å². The van der Waals surface area contributed by atoms with Crippen molar-refractivity contribution < 1.29 is 43.4 Å². The molecule has 1 aromatic rings. The van der Waals surface area contributed by atoms with Crippen molar-refractivity contribution in [3.05, 3.63) is 35.9 Å². The third kappa shape index (κ3) is 11.9. The van der Waals surface area contributed by atoms with Gasteiger partial charge in [-0.05, 0) is 41.2 Å². The summed E-state index contributed by atoms with van der Waals surface area (Å²) >= 11 is 3.37. The number of Topliss-reactive ketones (excluding diaryl/α,β-unsaturated/α-hetero) is 1. The molecule has 0 aromatic heterocycles. The predicted octanol–water partition coefficient (Wildman–Crippen LogP) is 2.86. The van der Waals surface area contributed by atoms with Gasteiger partial charge in [0, 0.05) is 13.0 Å². The SMILES string of the molecule is CCCC(NC(=O)C1CC2(CN1C(=O)C(NC(=O)OCC(C)C)C(C)(C)C)SCCCS2)C(=O)C(=O)NCC(=O)NC(C(=O)O)c1ccccc1. The van der Waals surface area contributed by atoms with Crippen LogP contribution < -0.4 is 21.3 Å². The second-order valence-corrected chi connectivity index (χ2v) is 17.4. The molecule has 3 rings (SSSR count). The number of hydrogen-bond acceptors (Lipinski definition) is 10. The molecule has 2 aliphatic rings. The summed E-state index contributed by atoms with van der Waals surface area (Å²) in [7, 11) is 0. The lowest BCUT2D eigenvalue weighted by Crippen LogP contribution is -2.59. The molecule has 4 unspecified atom stereocenters. The highest BCUT2D eigenvalue weighted by Gasteiger charge is 2.53. The van der Waals surface area contributed by atoms with Crippen LogP contribution in [0.15, 0.2) is 30.3 Å². The fourth-order valence-electron chi connectivity index (χ4n) is 5.72. The number of ketones is 1. The molecule has 0 saturated carbocycles. The van der Waals surface area contributed by atoms with Gasteiger partial charge in [0.05, 0.1) is 23.3 Å². The van der Waals surface area contributed by atoms with Crippen LogP contribution in [0.4, 0.5) is 4.79 Å². The summed E-state index contributed by atoms with van der Waals surface area (Å²) in [5, 5.41) is 19.6. The van der Waals surface area contributed by atoms with Crippen LogP contribution in [0.5, 0.6) is 0 Å². The van der Waals surface area contributed by atoms with Crippen molar-refractivity contribution in [3.8, 4) is 0 Å². The Bertz CT molecular complexity index is 1430. The second-order valence-electron chi connectivity index (χ2n) is 14.2. The van der Waals surface area contributed by atoms with E-state index in [1.807, 2.05) is 34.6 Å². The molecule has 16 heteroatoms. The van der Waals surface area contributed by atoms with E-state index in [0.717, 1.165) is 17.9 Å². The first-order valence-corrected chi connectivity index (χ1v) is 19.2. The number of amides is 5. The number of carboxylic acids is 1. The number of rotatable bonds is 15. The number of nitrogens with zero attached hydrogens (tertiary/aromatic N) is 1. The van der Waals surface area contributed by atoms with Crippen molar-refractivity contribution in [3.63, 3.8) is 0 Å². The van der Waals surface area contributed by atoms with E-state index >= 15 is 0 Å². The molecule has 14 nitrogen and oxygen atoms in total. The van der Waals surface area contributed by atoms with E-state index < -0.39 is 81.7 Å². The maximum absolute atomic E-state index is 14.3. The van der Waals surface area contributed by atoms with E-state index in [9.17, 15) is 38.7 Å². The molecule has 5 N–H and O–H groups in total. The van der Waals surface area contributed by atoms with Crippen molar-refractivity contribution in [2.45, 2.75) is 95.5 Å². The number of nitrogens with one attached hydrogen (secondary N) is 4. The van der Waals surface area contributed by atoms with E-state index in [4.69, 9.17) is 4.74 Å². The third-order valence-corrected chi connectivity index (χ3v) is 11.7. The summed E-state index contributed by atoms with van der Waals surface area (Å²) in [6, 6.07) is 3.40. The number of carboxylic acid groups (broad SMARTS) is 1. The van der Waals surface area contributed by atoms with Gasteiger partial charge < -0.3 is 36.0 Å². The van der Waals surface area contributed by atoms with Gasteiger partial charge >= 0.3 is 12.1 Å². The molecule has 2 fully saturated rings. The van der Waals surface area contributed by atoms with Crippen LogP contribution in [0.2, 0.25) is 0 Å². The molecule has 282 valence electrons.